The van der Waals surface area contributed by atoms with Crippen molar-refractivity contribution >= 4 is 23.2 Å². The number of rotatable bonds is 5. The maximum atomic E-state index is 12.8. The van der Waals surface area contributed by atoms with Crippen molar-refractivity contribution in [1.29, 1.82) is 0 Å². The lowest BCUT2D eigenvalue weighted by Gasteiger charge is -2.26. The summed E-state index contributed by atoms with van der Waals surface area (Å²) in [5.74, 6) is 2.04. The molecule has 1 N–H and O–H groups in total. The van der Waals surface area contributed by atoms with Gasteiger partial charge in [0.2, 0.25) is 0 Å². The van der Waals surface area contributed by atoms with E-state index in [0.29, 0.717) is 17.0 Å². The fourth-order valence-corrected chi connectivity index (χ4v) is 4.61. The van der Waals surface area contributed by atoms with Gasteiger partial charge in [-0.1, -0.05) is 45.0 Å². The number of carbonyl (C=O) groups excluding carboxylic acids is 1. The third-order valence-corrected chi connectivity index (χ3v) is 6.61. The van der Waals surface area contributed by atoms with Gasteiger partial charge in [0.1, 0.15) is 11.6 Å². The highest BCUT2D eigenvalue weighted by molar-refractivity contribution is 6.03. The van der Waals surface area contributed by atoms with Gasteiger partial charge in [-0.25, -0.2) is 9.50 Å². The van der Waals surface area contributed by atoms with Gasteiger partial charge in [-0.15, -0.1) is 5.10 Å². The van der Waals surface area contributed by atoms with E-state index < -0.39 is 0 Å². The molecule has 5 rings (SSSR count). The van der Waals surface area contributed by atoms with E-state index in [1.165, 1.54) is 11.1 Å². The number of ether oxygens (including phenoxy) is 1. The lowest BCUT2D eigenvalue weighted by molar-refractivity contribution is 0.102. The quantitative estimate of drug-likeness (QED) is 0.410. The Kier molecular flexibility index (Phi) is 5.93. The van der Waals surface area contributed by atoms with Crippen LogP contribution in [0.2, 0.25) is 0 Å². The highest BCUT2D eigenvalue weighted by atomic mass is 16.5. The van der Waals surface area contributed by atoms with Gasteiger partial charge in [0.15, 0.2) is 11.5 Å². The molecular weight excluding hydrogens is 438 g/mol. The van der Waals surface area contributed by atoms with Crippen molar-refractivity contribution in [2.24, 2.45) is 0 Å². The number of hydrogen-bond acceptors (Lipinski definition) is 5. The van der Waals surface area contributed by atoms with Crippen molar-refractivity contribution in [1.82, 2.24) is 14.6 Å². The standard InChI is InChI=1S/C28H31N5O2/c1-28(2,3)21-11-7-20(8-12-21)27(34)30-24-18-33-25(29-24)15-16-26(31-33)32-17-5-6-23(32)19-9-13-22(35-4)14-10-19/h7-16,18,23H,5-6,17H2,1-4H3,(H,30,34). The summed E-state index contributed by atoms with van der Waals surface area (Å²) in [6, 6.07) is 20.2. The van der Waals surface area contributed by atoms with E-state index in [2.05, 4.69) is 48.1 Å². The number of hydrogen-bond donors (Lipinski definition) is 1. The van der Waals surface area contributed by atoms with Crippen molar-refractivity contribution in [2.75, 3.05) is 23.9 Å². The Morgan fingerprint density at radius 1 is 1.03 bits per heavy atom. The van der Waals surface area contributed by atoms with Gasteiger partial charge in [-0.3, -0.25) is 4.79 Å². The van der Waals surface area contributed by atoms with Crippen LogP contribution in [0.4, 0.5) is 11.6 Å². The summed E-state index contributed by atoms with van der Waals surface area (Å²) < 4.78 is 7.03. The largest absolute Gasteiger partial charge is 0.497 e. The summed E-state index contributed by atoms with van der Waals surface area (Å²) in [6.07, 6.45) is 3.94. The van der Waals surface area contributed by atoms with Crippen LogP contribution in [0.25, 0.3) is 5.65 Å². The molecule has 0 bridgehead atoms. The molecule has 0 saturated carbocycles. The fourth-order valence-electron chi connectivity index (χ4n) is 4.61. The van der Waals surface area contributed by atoms with Crippen LogP contribution in [0.15, 0.2) is 66.9 Å². The van der Waals surface area contributed by atoms with E-state index in [4.69, 9.17) is 9.84 Å². The van der Waals surface area contributed by atoms with E-state index >= 15 is 0 Å². The Hall–Kier alpha value is -3.87. The molecule has 0 radical (unpaired) electrons. The zero-order chi connectivity index (χ0) is 24.6. The molecule has 35 heavy (non-hydrogen) atoms. The Bertz CT molecular complexity index is 1340. The molecule has 1 aliphatic heterocycles. The molecule has 2 aromatic carbocycles. The number of anilines is 2. The average molecular weight is 470 g/mol. The first-order chi connectivity index (χ1) is 16.8. The second-order valence-corrected chi connectivity index (χ2v) is 10.0. The molecule has 7 heteroatoms. The average Bonchev–Trinajstić information content (AvgIpc) is 3.50. The number of carbonyl (C=O) groups is 1. The molecule has 0 spiro atoms. The number of imidazole rings is 1. The molecule has 1 fully saturated rings. The molecule has 3 heterocycles. The maximum absolute atomic E-state index is 12.8. The van der Waals surface area contributed by atoms with Crippen molar-refractivity contribution < 1.29 is 9.53 Å². The molecule has 2 aromatic heterocycles. The first-order valence-electron chi connectivity index (χ1n) is 12.0. The number of methoxy groups -OCH3 is 1. The predicted octanol–water partition coefficient (Wildman–Crippen LogP) is 5.63. The summed E-state index contributed by atoms with van der Waals surface area (Å²) in [6.45, 7) is 7.40. The number of benzene rings is 2. The monoisotopic (exact) mass is 469 g/mol. The highest BCUT2D eigenvalue weighted by Crippen LogP contribution is 2.35. The van der Waals surface area contributed by atoms with Gasteiger partial charge < -0.3 is 15.0 Å². The zero-order valence-electron chi connectivity index (χ0n) is 20.7. The second kappa shape index (κ2) is 9.06. The summed E-state index contributed by atoms with van der Waals surface area (Å²) in [5, 5.41) is 7.71. The van der Waals surface area contributed by atoms with Gasteiger partial charge >= 0.3 is 0 Å². The summed E-state index contributed by atoms with van der Waals surface area (Å²) in [5.41, 5.74) is 3.77. The first kappa shape index (κ1) is 22.9. The molecule has 0 aliphatic carbocycles. The summed E-state index contributed by atoms with van der Waals surface area (Å²) >= 11 is 0. The predicted molar refractivity (Wildman–Crippen MR) is 138 cm³/mol. The van der Waals surface area contributed by atoms with E-state index in [-0.39, 0.29) is 17.4 Å². The smallest absolute Gasteiger partial charge is 0.256 e. The normalized spacial score (nSPS) is 16.0. The highest BCUT2D eigenvalue weighted by Gasteiger charge is 2.27. The number of aromatic nitrogens is 3. The molecule has 4 aromatic rings. The van der Waals surface area contributed by atoms with Gasteiger partial charge in [-0.05, 0) is 65.8 Å². The molecule has 7 nitrogen and oxygen atoms in total. The third-order valence-electron chi connectivity index (χ3n) is 6.61. The van der Waals surface area contributed by atoms with E-state index in [1.54, 1.807) is 17.8 Å². The van der Waals surface area contributed by atoms with Gasteiger partial charge in [-0.2, -0.15) is 0 Å². The van der Waals surface area contributed by atoms with Crippen molar-refractivity contribution in [3.8, 4) is 5.75 Å². The molecule has 1 unspecified atom stereocenters. The van der Waals surface area contributed by atoms with Crippen LogP contribution in [0, 0.1) is 0 Å². The molecule has 1 saturated heterocycles. The number of nitrogens with zero attached hydrogens (tertiary/aromatic N) is 4. The SMILES string of the molecule is COc1ccc(C2CCCN2c2ccc3nc(NC(=O)c4ccc(C(C)(C)C)cc4)cn3n2)cc1. The van der Waals surface area contributed by atoms with Gasteiger partial charge in [0, 0.05) is 12.1 Å². The minimum Gasteiger partial charge on any atom is -0.497 e. The lowest BCUT2D eigenvalue weighted by atomic mass is 9.87. The van der Waals surface area contributed by atoms with Crippen molar-refractivity contribution in [2.45, 2.75) is 45.1 Å². The van der Waals surface area contributed by atoms with Crippen molar-refractivity contribution in [3.05, 3.63) is 83.6 Å². The minimum absolute atomic E-state index is 0.0434. The number of fused-ring (bicyclic) bond motifs is 1. The maximum Gasteiger partial charge on any atom is 0.256 e. The van der Waals surface area contributed by atoms with Gasteiger partial charge in [0.25, 0.3) is 5.91 Å². The van der Waals surface area contributed by atoms with Crippen LogP contribution < -0.4 is 15.0 Å². The Balaban J connectivity index is 1.33. The van der Waals surface area contributed by atoms with E-state index in [9.17, 15) is 4.79 Å². The molecule has 1 amide bonds. The van der Waals surface area contributed by atoms with Crippen LogP contribution in [0.5, 0.6) is 5.75 Å². The second-order valence-electron chi connectivity index (χ2n) is 10.0. The summed E-state index contributed by atoms with van der Waals surface area (Å²) in [4.78, 5) is 19.6. The fraction of sp³-hybridized carbons (Fsp3) is 0.321. The Morgan fingerprint density at radius 2 is 1.77 bits per heavy atom. The van der Waals surface area contributed by atoms with Crippen LogP contribution in [0.3, 0.4) is 0 Å². The van der Waals surface area contributed by atoms with E-state index in [1.807, 2.05) is 48.5 Å². The third kappa shape index (κ3) is 4.71. The van der Waals surface area contributed by atoms with Gasteiger partial charge in [0.05, 0.1) is 19.3 Å². The Morgan fingerprint density at radius 3 is 2.46 bits per heavy atom. The lowest BCUT2D eigenvalue weighted by Crippen LogP contribution is -2.24. The van der Waals surface area contributed by atoms with Crippen LogP contribution in [0.1, 0.15) is 61.1 Å². The topological polar surface area (TPSA) is 71.8 Å². The summed E-state index contributed by atoms with van der Waals surface area (Å²) in [7, 11) is 1.68. The van der Waals surface area contributed by atoms with Crippen LogP contribution in [-0.2, 0) is 5.41 Å². The van der Waals surface area contributed by atoms with Crippen molar-refractivity contribution in [3.63, 3.8) is 0 Å². The minimum atomic E-state index is -0.187. The van der Waals surface area contributed by atoms with E-state index in [0.717, 1.165) is 31.0 Å². The number of nitrogens with one attached hydrogen (secondary N) is 1. The molecular formula is C28H31N5O2. The van der Waals surface area contributed by atoms with Crippen LogP contribution in [-0.4, -0.2) is 34.2 Å². The molecule has 180 valence electrons. The Labute approximate surface area is 205 Å². The zero-order valence-corrected chi connectivity index (χ0v) is 20.7. The van der Waals surface area contributed by atoms with Crippen LogP contribution >= 0.6 is 0 Å². The molecule has 1 aliphatic rings. The number of amides is 1. The first-order valence-corrected chi connectivity index (χ1v) is 12.0. The molecule has 1 atom stereocenters.